The van der Waals surface area contributed by atoms with Crippen molar-refractivity contribution >= 4 is 16.1 Å². The van der Waals surface area contributed by atoms with Crippen molar-refractivity contribution in [1.29, 1.82) is 0 Å². The number of methoxy groups -OCH3 is 4. The summed E-state index contributed by atoms with van der Waals surface area (Å²) in [6, 6.07) is 8.51. The van der Waals surface area contributed by atoms with Crippen LogP contribution in [0.4, 0.5) is 4.48 Å². The van der Waals surface area contributed by atoms with Crippen molar-refractivity contribution in [2.24, 2.45) is 0 Å². The molecule has 0 atom stereocenters. The fourth-order valence-corrected chi connectivity index (χ4v) is 3.16. The molecule has 0 aliphatic carbocycles. The highest BCUT2D eigenvalue weighted by Gasteiger charge is 2.22. The Hall–Kier alpha value is -2.94. The molecule has 7 nitrogen and oxygen atoms in total. The Kier molecular flexibility index (Phi) is 6.51. The van der Waals surface area contributed by atoms with Crippen molar-refractivity contribution in [3.63, 3.8) is 0 Å². The van der Waals surface area contributed by atoms with Gasteiger partial charge in [0.15, 0.2) is 0 Å². The molecular formula is C18H20FNO6S. The van der Waals surface area contributed by atoms with Gasteiger partial charge in [0.05, 0.1) is 45.1 Å². The minimum atomic E-state index is -4.37. The van der Waals surface area contributed by atoms with E-state index in [-0.39, 0.29) is 9.42 Å². The van der Waals surface area contributed by atoms with E-state index in [1.165, 1.54) is 58.8 Å². The number of rotatable bonds is 8. The summed E-state index contributed by atoms with van der Waals surface area (Å²) >= 11 is 0. The molecule has 0 aromatic heterocycles. The third-order valence-corrected chi connectivity index (χ3v) is 5.15. The van der Waals surface area contributed by atoms with Crippen LogP contribution >= 0.6 is 0 Å². The summed E-state index contributed by atoms with van der Waals surface area (Å²) in [7, 11) is 1.41. The quantitative estimate of drug-likeness (QED) is 0.637. The smallest absolute Gasteiger partial charge is 0.290 e. The van der Waals surface area contributed by atoms with Crippen molar-refractivity contribution in [3.8, 4) is 23.0 Å². The molecule has 0 bridgehead atoms. The van der Waals surface area contributed by atoms with Crippen LogP contribution in [0.5, 0.6) is 23.0 Å². The fraction of sp³-hybridized carbons (Fsp3) is 0.222. The highest BCUT2D eigenvalue weighted by atomic mass is 32.2. The lowest BCUT2D eigenvalue weighted by Crippen LogP contribution is -2.17. The first-order valence-electron chi connectivity index (χ1n) is 7.69. The summed E-state index contributed by atoms with van der Waals surface area (Å²) in [4.78, 5) is -0.218. The normalized spacial score (nSPS) is 11.3. The van der Waals surface area contributed by atoms with Crippen LogP contribution in [0, 0.1) is 0 Å². The average molecular weight is 397 g/mol. The van der Waals surface area contributed by atoms with E-state index in [4.69, 9.17) is 18.9 Å². The van der Waals surface area contributed by atoms with E-state index in [1.807, 2.05) is 0 Å². The predicted molar refractivity (Wildman–Crippen MR) is 98.3 cm³/mol. The van der Waals surface area contributed by atoms with Gasteiger partial charge in [0.2, 0.25) is 0 Å². The highest BCUT2D eigenvalue weighted by Crippen LogP contribution is 2.35. The summed E-state index contributed by atoms with van der Waals surface area (Å²) in [5.41, 5.74) is 0.355. The zero-order valence-electron chi connectivity index (χ0n) is 15.3. The standard InChI is InChI=1S/C18H20FNO6S/c1-23-13-5-7-15(8-6-13)27(21,22)20(19)10-9-16-17(25-3)11-14(24-2)12-18(16)26-4/h5-12H,1-4H3. The Bertz CT molecular complexity index is 887. The Morgan fingerprint density at radius 1 is 0.852 bits per heavy atom. The maximum Gasteiger partial charge on any atom is 0.290 e. The van der Waals surface area contributed by atoms with Crippen LogP contribution < -0.4 is 18.9 Å². The van der Waals surface area contributed by atoms with Crippen molar-refractivity contribution in [2.75, 3.05) is 28.4 Å². The molecule has 9 heteroatoms. The maximum atomic E-state index is 14.4. The van der Waals surface area contributed by atoms with E-state index < -0.39 is 10.0 Å². The SMILES string of the molecule is COc1ccc(S(=O)(=O)N(F)C=Cc2c(OC)cc(OC)cc2OC)cc1. The van der Waals surface area contributed by atoms with Crippen molar-refractivity contribution in [2.45, 2.75) is 4.90 Å². The van der Waals surface area contributed by atoms with E-state index in [0.717, 1.165) is 6.20 Å². The Labute approximate surface area is 157 Å². The second kappa shape index (κ2) is 8.63. The molecule has 0 heterocycles. The number of sulfonamides is 1. The van der Waals surface area contributed by atoms with E-state index >= 15 is 0 Å². The zero-order chi connectivity index (χ0) is 20.0. The lowest BCUT2D eigenvalue weighted by Gasteiger charge is -2.14. The van der Waals surface area contributed by atoms with Gasteiger partial charge in [-0.3, -0.25) is 0 Å². The summed E-state index contributed by atoms with van der Waals surface area (Å²) in [6.07, 6.45) is 2.00. The van der Waals surface area contributed by atoms with Gasteiger partial charge in [-0.2, -0.15) is 8.42 Å². The summed E-state index contributed by atoms with van der Waals surface area (Å²) in [5, 5.41) is 0. The highest BCUT2D eigenvalue weighted by molar-refractivity contribution is 7.89. The number of benzene rings is 2. The Balaban J connectivity index is 2.36. The van der Waals surface area contributed by atoms with Gasteiger partial charge in [-0.05, 0) is 30.3 Å². The summed E-state index contributed by atoms with van der Waals surface area (Å²) in [5.74, 6) is 1.60. The van der Waals surface area contributed by atoms with E-state index in [1.54, 1.807) is 12.1 Å². The van der Waals surface area contributed by atoms with Crippen LogP contribution in [0.2, 0.25) is 0 Å². The number of hydrogen-bond donors (Lipinski definition) is 0. The molecule has 0 unspecified atom stereocenters. The lowest BCUT2D eigenvalue weighted by molar-refractivity contribution is 0.209. The molecule has 146 valence electrons. The number of hydrogen-bond acceptors (Lipinski definition) is 6. The van der Waals surface area contributed by atoms with Crippen LogP contribution in [0.25, 0.3) is 6.08 Å². The van der Waals surface area contributed by atoms with Gasteiger partial charge < -0.3 is 18.9 Å². The van der Waals surface area contributed by atoms with Crippen LogP contribution in [0.1, 0.15) is 5.56 Å². The molecule has 0 amide bonds. The first-order valence-corrected chi connectivity index (χ1v) is 9.13. The molecule has 2 rings (SSSR count). The second-order valence-corrected chi connectivity index (χ2v) is 6.95. The zero-order valence-corrected chi connectivity index (χ0v) is 16.1. The Morgan fingerprint density at radius 3 is 1.81 bits per heavy atom. The first kappa shape index (κ1) is 20.4. The van der Waals surface area contributed by atoms with Gasteiger partial charge in [-0.1, -0.05) is 4.48 Å². The molecule has 2 aromatic rings. The first-order chi connectivity index (χ1) is 12.9. The van der Waals surface area contributed by atoms with Gasteiger partial charge >= 0.3 is 0 Å². The van der Waals surface area contributed by atoms with E-state index in [9.17, 15) is 12.9 Å². The molecule has 0 spiro atoms. The van der Waals surface area contributed by atoms with Crippen LogP contribution in [-0.4, -0.2) is 41.4 Å². The molecule has 0 fully saturated rings. The maximum absolute atomic E-state index is 14.4. The van der Waals surface area contributed by atoms with Gasteiger partial charge in [0, 0.05) is 12.1 Å². The minimum Gasteiger partial charge on any atom is -0.497 e. The topological polar surface area (TPSA) is 74.3 Å². The molecule has 0 aliphatic rings. The summed E-state index contributed by atoms with van der Waals surface area (Å²) < 4.78 is 59.3. The van der Waals surface area contributed by atoms with Crippen LogP contribution in [0.3, 0.4) is 0 Å². The third kappa shape index (κ3) is 4.43. The Morgan fingerprint density at radius 2 is 1.37 bits per heavy atom. The van der Waals surface area contributed by atoms with E-state index in [2.05, 4.69) is 0 Å². The molecule has 0 aliphatic heterocycles. The number of ether oxygens (including phenoxy) is 4. The minimum absolute atomic E-state index is 0.218. The number of nitrogens with zero attached hydrogens (tertiary/aromatic N) is 1. The molecular weight excluding hydrogens is 377 g/mol. The summed E-state index contributed by atoms with van der Waals surface area (Å²) in [6.45, 7) is 0. The fourth-order valence-electron chi connectivity index (χ4n) is 2.26. The van der Waals surface area contributed by atoms with Gasteiger partial charge in [-0.15, -0.1) is 4.53 Å². The monoisotopic (exact) mass is 397 g/mol. The van der Waals surface area contributed by atoms with Crippen LogP contribution in [-0.2, 0) is 10.0 Å². The van der Waals surface area contributed by atoms with E-state index in [0.29, 0.717) is 28.6 Å². The largest absolute Gasteiger partial charge is 0.497 e. The molecule has 0 saturated heterocycles. The van der Waals surface area contributed by atoms with Gasteiger partial charge in [0.1, 0.15) is 23.0 Å². The molecule has 0 radical (unpaired) electrons. The van der Waals surface area contributed by atoms with Gasteiger partial charge in [-0.25, -0.2) is 0 Å². The average Bonchev–Trinajstić information content (AvgIpc) is 2.71. The lowest BCUT2D eigenvalue weighted by atomic mass is 10.1. The second-order valence-electron chi connectivity index (χ2n) is 5.18. The van der Waals surface area contributed by atoms with Crippen LogP contribution in [0.15, 0.2) is 47.5 Å². The van der Waals surface area contributed by atoms with Crippen molar-refractivity contribution in [1.82, 2.24) is 4.53 Å². The number of halogens is 1. The van der Waals surface area contributed by atoms with Crippen molar-refractivity contribution < 1.29 is 31.8 Å². The van der Waals surface area contributed by atoms with Gasteiger partial charge in [0.25, 0.3) is 10.0 Å². The van der Waals surface area contributed by atoms with Crippen molar-refractivity contribution in [3.05, 3.63) is 48.2 Å². The predicted octanol–water partition coefficient (Wildman–Crippen LogP) is 3.27. The molecule has 2 aromatic carbocycles. The molecule has 27 heavy (non-hydrogen) atoms. The third-order valence-electron chi connectivity index (χ3n) is 3.70. The molecule has 0 N–H and O–H groups in total. The molecule has 0 saturated carbocycles.